The molecule has 1 amide bonds. The van der Waals surface area contributed by atoms with Crippen molar-refractivity contribution in [2.45, 2.75) is 32.7 Å². The van der Waals surface area contributed by atoms with Gasteiger partial charge < -0.3 is 19.1 Å². The van der Waals surface area contributed by atoms with Crippen molar-refractivity contribution in [1.29, 1.82) is 0 Å². The summed E-state index contributed by atoms with van der Waals surface area (Å²) in [4.78, 5) is 25.1. The summed E-state index contributed by atoms with van der Waals surface area (Å²) >= 11 is 0. The number of anilines is 1. The van der Waals surface area contributed by atoms with Gasteiger partial charge in [0.25, 0.3) is 5.88 Å². The second kappa shape index (κ2) is 7.08. The third-order valence-corrected chi connectivity index (χ3v) is 4.75. The van der Waals surface area contributed by atoms with Crippen molar-refractivity contribution >= 4 is 11.7 Å². The van der Waals surface area contributed by atoms with Crippen LogP contribution in [0, 0.1) is 13.8 Å². The first-order valence-electron chi connectivity index (χ1n) is 8.28. The van der Waals surface area contributed by atoms with Gasteiger partial charge >= 0.3 is 0 Å². The van der Waals surface area contributed by atoms with E-state index in [1.165, 1.54) is 0 Å². The monoisotopic (exact) mass is 345 g/mol. The van der Waals surface area contributed by atoms with Gasteiger partial charge in [-0.25, -0.2) is 9.97 Å². The predicted octanol–water partition coefficient (Wildman–Crippen LogP) is 1.37. The van der Waals surface area contributed by atoms with Gasteiger partial charge in [0, 0.05) is 38.1 Å². The van der Waals surface area contributed by atoms with Crippen molar-refractivity contribution in [1.82, 2.24) is 20.0 Å². The molecule has 1 saturated heterocycles. The van der Waals surface area contributed by atoms with Crippen molar-refractivity contribution in [2.24, 2.45) is 0 Å². The SMILES string of the molecule is COc1nccnc1N1CCC(N(C)C(=O)Cc2c(C)noc2C)C1. The van der Waals surface area contributed by atoms with Gasteiger partial charge in [-0.15, -0.1) is 0 Å². The van der Waals surface area contributed by atoms with Gasteiger partial charge in [0.15, 0.2) is 5.82 Å². The largest absolute Gasteiger partial charge is 0.478 e. The van der Waals surface area contributed by atoms with Crippen LogP contribution in [-0.2, 0) is 11.2 Å². The molecule has 1 fully saturated rings. The number of likely N-dealkylation sites (N-methyl/N-ethyl adjacent to an activating group) is 1. The molecule has 0 saturated carbocycles. The molecule has 3 heterocycles. The minimum absolute atomic E-state index is 0.0624. The molecule has 0 radical (unpaired) electrons. The zero-order valence-electron chi connectivity index (χ0n) is 15.0. The quantitative estimate of drug-likeness (QED) is 0.809. The molecule has 2 aromatic heterocycles. The molecule has 0 spiro atoms. The van der Waals surface area contributed by atoms with Crippen LogP contribution in [-0.4, -0.2) is 59.2 Å². The average molecular weight is 345 g/mol. The van der Waals surface area contributed by atoms with E-state index in [1.807, 2.05) is 25.8 Å². The highest BCUT2D eigenvalue weighted by Gasteiger charge is 2.31. The smallest absolute Gasteiger partial charge is 0.257 e. The first-order chi connectivity index (χ1) is 12.0. The van der Waals surface area contributed by atoms with E-state index >= 15 is 0 Å². The van der Waals surface area contributed by atoms with Crippen molar-refractivity contribution in [3.63, 3.8) is 0 Å². The highest BCUT2D eigenvalue weighted by molar-refractivity contribution is 5.79. The van der Waals surface area contributed by atoms with Gasteiger partial charge in [-0.3, -0.25) is 4.79 Å². The van der Waals surface area contributed by atoms with Crippen LogP contribution in [0.5, 0.6) is 5.88 Å². The third kappa shape index (κ3) is 3.42. The van der Waals surface area contributed by atoms with E-state index in [0.29, 0.717) is 24.6 Å². The molecule has 8 heteroatoms. The van der Waals surface area contributed by atoms with E-state index in [1.54, 1.807) is 19.5 Å². The number of aryl methyl sites for hydroxylation is 2. The Morgan fingerprint density at radius 1 is 1.40 bits per heavy atom. The zero-order chi connectivity index (χ0) is 18.0. The number of ether oxygens (including phenoxy) is 1. The van der Waals surface area contributed by atoms with E-state index in [2.05, 4.69) is 20.0 Å². The Kier molecular flexibility index (Phi) is 4.87. The molecule has 8 nitrogen and oxygen atoms in total. The second-order valence-corrected chi connectivity index (χ2v) is 6.26. The number of rotatable bonds is 5. The first kappa shape index (κ1) is 17.2. The van der Waals surface area contributed by atoms with Crippen LogP contribution < -0.4 is 9.64 Å². The molecule has 3 rings (SSSR count). The zero-order valence-corrected chi connectivity index (χ0v) is 15.0. The number of hydrogen-bond acceptors (Lipinski definition) is 7. The molecular weight excluding hydrogens is 322 g/mol. The average Bonchev–Trinajstić information content (AvgIpc) is 3.23. The Morgan fingerprint density at radius 2 is 2.16 bits per heavy atom. The Labute approximate surface area is 146 Å². The number of hydrogen-bond donors (Lipinski definition) is 0. The Balaban J connectivity index is 1.66. The standard InChI is InChI=1S/C17H23N5O3/c1-11-14(12(2)25-20-11)9-15(23)21(3)13-5-8-22(10-13)16-17(24-4)19-7-6-18-16/h6-7,13H,5,8-10H2,1-4H3. The van der Waals surface area contributed by atoms with Crippen LogP contribution in [0.4, 0.5) is 5.82 Å². The summed E-state index contributed by atoms with van der Waals surface area (Å²) in [5, 5.41) is 3.91. The number of carbonyl (C=O) groups is 1. The van der Waals surface area contributed by atoms with Gasteiger partial charge in [0.2, 0.25) is 5.91 Å². The maximum Gasteiger partial charge on any atom is 0.257 e. The summed E-state index contributed by atoms with van der Waals surface area (Å²) < 4.78 is 10.4. The normalized spacial score (nSPS) is 17.0. The third-order valence-electron chi connectivity index (χ3n) is 4.75. The maximum absolute atomic E-state index is 12.7. The van der Waals surface area contributed by atoms with Gasteiger partial charge in [-0.2, -0.15) is 0 Å². The van der Waals surface area contributed by atoms with Crippen LogP contribution in [0.15, 0.2) is 16.9 Å². The fraction of sp³-hybridized carbons (Fsp3) is 0.529. The van der Waals surface area contributed by atoms with Crippen molar-refractivity contribution in [3.8, 4) is 5.88 Å². The second-order valence-electron chi connectivity index (χ2n) is 6.26. The summed E-state index contributed by atoms with van der Waals surface area (Å²) in [5.41, 5.74) is 1.65. The van der Waals surface area contributed by atoms with Crippen LogP contribution in [0.3, 0.4) is 0 Å². The summed E-state index contributed by atoms with van der Waals surface area (Å²) in [6.45, 7) is 5.21. The fourth-order valence-corrected chi connectivity index (χ4v) is 3.16. The van der Waals surface area contributed by atoms with Crippen LogP contribution in [0.1, 0.15) is 23.4 Å². The fourth-order valence-electron chi connectivity index (χ4n) is 3.16. The Hall–Kier alpha value is -2.64. The lowest BCUT2D eigenvalue weighted by molar-refractivity contribution is -0.130. The first-order valence-corrected chi connectivity index (χ1v) is 8.28. The van der Waals surface area contributed by atoms with Crippen LogP contribution in [0.2, 0.25) is 0 Å². The molecule has 2 aromatic rings. The van der Waals surface area contributed by atoms with E-state index in [4.69, 9.17) is 9.26 Å². The van der Waals surface area contributed by atoms with Gasteiger partial charge in [-0.05, 0) is 20.3 Å². The molecule has 1 aliphatic rings. The summed E-state index contributed by atoms with van der Waals surface area (Å²) in [6, 6.07) is 0.125. The number of amides is 1. The maximum atomic E-state index is 12.7. The van der Waals surface area contributed by atoms with E-state index in [9.17, 15) is 4.79 Å². The minimum atomic E-state index is 0.0624. The Morgan fingerprint density at radius 3 is 2.84 bits per heavy atom. The molecule has 25 heavy (non-hydrogen) atoms. The van der Waals surface area contributed by atoms with Gasteiger partial charge in [-0.1, -0.05) is 5.16 Å². The summed E-state index contributed by atoms with van der Waals surface area (Å²) in [6.07, 6.45) is 4.44. The van der Waals surface area contributed by atoms with Crippen LogP contribution in [0.25, 0.3) is 0 Å². The molecule has 1 atom stereocenters. The topological polar surface area (TPSA) is 84.6 Å². The van der Waals surface area contributed by atoms with E-state index in [0.717, 1.165) is 30.0 Å². The molecule has 134 valence electrons. The number of aromatic nitrogens is 3. The van der Waals surface area contributed by atoms with E-state index < -0.39 is 0 Å². The summed E-state index contributed by atoms with van der Waals surface area (Å²) in [7, 11) is 3.43. The molecular formula is C17H23N5O3. The molecule has 0 N–H and O–H groups in total. The lowest BCUT2D eigenvalue weighted by Gasteiger charge is -2.25. The molecule has 0 aromatic carbocycles. The van der Waals surface area contributed by atoms with Crippen molar-refractivity contribution in [2.75, 3.05) is 32.1 Å². The van der Waals surface area contributed by atoms with Crippen LogP contribution >= 0.6 is 0 Å². The predicted molar refractivity (Wildman–Crippen MR) is 91.7 cm³/mol. The molecule has 1 aliphatic heterocycles. The number of methoxy groups -OCH3 is 1. The summed E-state index contributed by atoms with van der Waals surface area (Å²) in [5.74, 6) is 2.00. The van der Waals surface area contributed by atoms with Crippen molar-refractivity contribution < 1.29 is 14.1 Å². The van der Waals surface area contributed by atoms with Gasteiger partial charge in [0.1, 0.15) is 5.76 Å². The lowest BCUT2D eigenvalue weighted by Crippen LogP contribution is -2.40. The highest BCUT2D eigenvalue weighted by atomic mass is 16.5. The van der Waals surface area contributed by atoms with Crippen molar-refractivity contribution in [3.05, 3.63) is 29.4 Å². The molecule has 0 aliphatic carbocycles. The molecule has 1 unspecified atom stereocenters. The highest BCUT2D eigenvalue weighted by Crippen LogP contribution is 2.27. The number of carbonyl (C=O) groups excluding carboxylic acids is 1. The van der Waals surface area contributed by atoms with E-state index in [-0.39, 0.29) is 11.9 Å². The lowest BCUT2D eigenvalue weighted by atomic mass is 10.1. The Bertz CT molecular complexity index is 741. The number of nitrogens with zero attached hydrogens (tertiary/aromatic N) is 5. The molecule has 0 bridgehead atoms. The minimum Gasteiger partial charge on any atom is -0.478 e. The van der Waals surface area contributed by atoms with Gasteiger partial charge in [0.05, 0.1) is 25.3 Å².